The summed E-state index contributed by atoms with van der Waals surface area (Å²) in [6.45, 7) is 4.21. The van der Waals surface area contributed by atoms with E-state index in [9.17, 15) is 13.2 Å². The molecule has 0 aliphatic rings. The van der Waals surface area contributed by atoms with Crippen molar-refractivity contribution in [2.24, 2.45) is 0 Å². The van der Waals surface area contributed by atoms with Gasteiger partial charge < -0.3 is 5.32 Å². The van der Waals surface area contributed by atoms with Crippen LogP contribution in [0.1, 0.15) is 29.7 Å². The minimum atomic E-state index is -0.884. The molecule has 4 heteroatoms. The molecule has 0 heterocycles. The fourth-order valence-corrected chi connectivity index (χ4v) is 2.30. The Morgan fingerprint density at radius 1 is 1.05 bits per heavy atom. The van der Waals surface area contributed by atoms with Crippen molar-refractivity contribution in [2.45, 2.75) is 19.9 Å². The number of hydrogen-bond acceptors (Lipinski definition) is 1. The standard InChI is InChI=1S/C16H16F3N/c1-3-20-16(12-8-7-11(17)9-10(12)2)13-5-4-6-14(18)15(13)19/h4-9,16,20H,3H2,1-2H3. The number of hydrogen-bond donors (Lipinski definition) is 1. The molecule has 20 heavy (non-hydrogen) atoms. The van der Waals surface area contributed by atoms with Crippen molar-refractivity contribution in [2.75, 3.05) is 6.54 Å². The lowest BCUT2D eigenvalue weighted by molar-refractivity contribution is 0.482. The zero-order chi connectivity index (χ0) is 14.7. The van der Waals surface area contributed by atoms with Crippen LogP contribution in [0.4, 0.5) is 13.2 Å². The molecule has 1 nitrogen and oxygen atoms in total. The van der Waals surface area contributed by atoms with Crippen LogP contribution in [-0.2, 0) is 0 Å². The first-order valence-corrected chi connectivity index (χ1v) is 6.48. The molecule has 0 aliphatic heterocycles. The highest BCUT2D eigenvalue weighted by Gasteiger charge is 2.20. The van der Waals surface area contributed by atoms with Gasteiger partial charge in [0.1, 0.15) is 5.82 Å². The van der Waals surface area contributed by atoms with E-state index < -0.39 is 17.7 Å². The fourth-order valence-electron chi connectivity index (χ4n) is 2.30. The molecule has 2 aromatic carbocycles. The Balaban J connectivity index is 2.53. The summed E-state index contributed by atoms with van der Waals surface area (Å²) in [7, 11) is 0. The molecule has 0 bridgehead atoms. The van der Waals surface area contributed by atoms with Gasteiger partial charge in [-0.25, -0.2) is 13.2 Å². The van der Waals surface area contributed by atoms with Gasteiger partial charge in [0, 0.05) is 5.56 Å². The summed E-state index contributed by atoms with van der Waals surface area (Å²) in [5.74, 6) is -2.10. The van der Waals surface area contributed by atoms with Crippen LogP contribution in [0.2, 0.25) is 0 Å². The van der Waals surface area contributed by atoms with Crippen LogP contribution < -0.4 is 5.32 Å². The molecule has 2 aromatic rings. The van der Waals surface area contributed by atoms with E-state index in [0.717, 1.165) is 11.6 Å². The van der Waals surface area contributed by atoms with Crippen LogP contribution in [0, 0.1) is 24.4 Å². The minimum absolute atomic E-state index is 0.224. The lowest BCUT2D eigenvalue weighted by atomic mass is 9.94. The van der Waals surface area contributed by atoms with E-state index >= 15 is 0 Å². The fraction of sp³-hybridized carbons (Fsp3) is 0.250. The first-order valence-electron chi connectivity index (χ1n) is 6.48. The van der Waals surface area contributed by atoms with Gasteiger partial charge in [0.05, 0.1) is 6.04 Å². The maximum absolute atomic E-state index is 14.0. The van der Waals surface area contributed by atoms with E-state index in [1.54, 1.807) is 13.0 Å². The quantitative estimate of drug-likeness (QED) is 0.888. The SMILES string of the molecule is CCNC(c1ccc(F)cc1C)c1cccc(F)c1F. The average molecular weight is 279 g/mol. The van der Waals surface area contributed by atoms with E-state index in [1.807, 2.05) is 6.92 Å². The molecule has 0 aliphatic carbocycles. The number of halogens is 3. The summed E-state index contributed by atoms with van der Waals surface area (Å²) in [5, 5.41) is 3.11. The third-order valence-corrected chi connectivity index (χ3v) is 3.24. The topological polar surface area (TPSA) is 12.0 Å². The Hall–Kier alpha value is -1.81. The Bertz CT molecular complexity index is 611. The normalized spacial score (nSPS) is 12.4. The van der Waals surface area contributed by atoms with Gasteiger partial charge in [0.25, 0.3) is 0 Å². The van der Waals surface area contributed by atoms with E-state index in [1.165, 1.54) is 24.3 Å². The molecule has 2 rings (SSSR count). The third-order valence-electron chi connectivity index (χ3n) is 3.24. The molecule has 0 saturated carbocycles. The summed E-state index contributed by atoms with van der Waals surface area (Å²) >= 11 is 0. The largest absolute Gasteiger partial charge is 0.306 e. The molecule has 0 amide bonds. The van der Waals surface area contributed by atoms with Crippen molar-refractivity contribution in [3.63, 3.8) is 0 Å². The maximum atomic E-state index is 14.0. The average Bonchev–Trinajstić information content (AvgIpc) is 2.40. The van der Waals surface area contributed by atoms with Crippen molar-refractivity contribution in [1.29, 1.82) is 0 Å². The summed E-state index contributed by atoms with van der Waals surface area (Å²) in [6.07, 6.45) is 0. The molecule has 1 N–H and O–H groups in total. The van der Waals surface area contributed by atoms with Crippen molar-refractivity contribution in [3.8, 4) is 0 Å². The molecule has 0 radical (unpaired) electrons. The summed E-state index contributed by atoms with van der Waals surface area (Å²) in [4.78, 5) is 0. The smallest absolute Gasteiger partial charge is 0.163 e. The second kappa shape index (κ2) is 6.09. The van der Waals surface area contributed by atoms with Gasteiger partial charge in [-0.15, -0.1) is 0 Å². The van der Waals surface area contributed by atoms with Gasteiger partial charge in [-0.05, 0) is 42.8 Å². The van der Waals surface area contributed by atoms with Crippen LogP contribution >= 0.6 is 0 Å². The molecule has 1 unspecified atom stereocenters. The van der Waals surface area contributed by atoms with E-state index in [4.69, 9.17) is 0 Å². The number of rotatable bonds is 4. The van der Waals surface area contributed by atoms with Crippen molar-refractivity contribution in [1.82, 2.24) is 5.32 Å². The van der Waals surface area contributed by atoms with E-state index in [2.05, 4.69) is 5.32 Å². The van der Waals surface area contributed by atoms with Crippen LogP contribution in [0.15, 0.2) is 36.4 Å². The lowest BCUT2D eigenvalue weighted by Gasteiger charge is -2.21. The number of benzene rings is 2. The molecular weight excluding hydrogens is 263 g/mol. The zero-order valence-corrected chi connectivity index (χ0v) is 11.4. The minimum Gasteiger partial charge on any atom is -0.306 e. The van der Waals surface area contributed by atoms with Crippen LogP contribution in [0.5, 0.6) is 0 Å². The van der Waals surface area contributed by atoms with Gasteiger partial charge in [-0.2, -0.15) is 0 Å². The Morgan fingerprint density at radius 2 is 1.80 bits per heavy atom. The zero-order valence-electron chi connectivity index (χ0n) is 11.4. The second-order valence-electron chi connectivity index (χ2n) is 4.63. The number of nitrogens with one attached hydrogen (secondary N) is 1. The predicted octanol–water partition coefficient (Wildman–Crippen LogP) is 4.11. The van der Waals surface area contributed by atoms with Gasteiger partial charge >= 0.3 is 0 Å². The summed E-state index contributed by atoms with van der Waals surface area (Å²) < 4.78 is 40.6. The van der Waals surface area contributed by atoms with Crippen molar-refractivity contribution >= 4 is 0 Å². The van der Waals surface area contributed by atoms with Crippen molar-refractivity contribution < 1.29 is 13.2 Å². The highest BCUT2D eigenvalue weighted by atomic mass is 19.2. The predicted molar refractivity (Wildman–Crippen MR) is 73.0 cm³/mol. The Kier molecular flexibility index (Phi) is 4.45. The summed E-state index contributed by atoms with van der Waals surface area (Å²) in [6, 6.07) is 7.89. The molecule has 0 saturated heterocycles. The molecule has 1 atom stereocenters. The highest BCUT2D eigenvalue weighted by Crippen LogP contribution is 2.28. The van der Waals surface area contributed by atoms with Crippen molar-refractivity contribution in [3.05, 3.63) is 70.5 Å². The van der Waals surface area contributed by atoms with Gasteiger partial charge in [0.2, 0.25) is 0 Å². The second-order valence-corrected chi connectivity index (χ2v) is 4.63. The monoisotopic (exact) mass is 279 g/mol. The Morgan fingerprint density at radius 3 is 2.45 bits per heavy atom. The van der Waals surface area contributed by atoms with Crippen LogP contribution in [0.3, 0.4) is 0 Å². The lowest BCUT2D eigenvalue weighted by Crippen LogP contribution is -2.24. The molecule has 0 fully saturated rings. The molecule has 0 spiro atoms. The molecule has 0 aromatic heterocycles. The first-order chi connectivity index (χ1) is 9.54. The molecular formula is C16H16F3N. The Labute approximate surface area is 116 Å². The van der Waals surface area contributed by atoms with Crippen LogP contribution in [-0.4, -0.2) is 6.54 Å². The summed E-state index contributed by atoms with van der Waals surface area (Å²) in [5.41, 5.74) is 1.65. The highest BCUT2D eigenvalue weighted by molar-refractivity contribution is 5.38. The van der Waals surface area contributed by atoms with Gasteiger partial charge in [-0.3, -0.25) is 0 Å². The maximum Gasteiger partial charge on any atom is 0.163 e. The number of aryl methyl sites for hydroxylation is 1. The molecule has 106 valence electrons. The van der Waals surface area contributed by atoms with Gasteiger partial charge in [-0.1, -0.05) is 25.1 Å². The van der Waals surface area contributed by atoms with E-state index in [-0.39, 0.29) is 11.4 Å². The third kappa shape index (κ3) is 2.85. The van der Waals surface area contributed by atoms with E-state index in [0.29, 0.717) is 12.1 Å². The first kappa shape index (κ1) is 14.6. The van der Waals surface area contributed by atoms with Crippen LogP contribution in [0.25, 0.3) is 0 Å². The van der Waals surface area contributed by atoms with Gasteiger partial charge in [0.15, 0.2) is 11.6 Å².